The van der Waals surface area contributed by atoms with Crippen molar-refractivity contribution in [1.29, 1.82) is 0 Å². The first-order valence-corrected chi connectivity index (χ1v) is 12.1. The lowest BCUT2D eigenvalue weighted by Crippen LogP contribution is -2.59. The van der Waals surface area contributed by atoms with Gasteiger partial charge in [-0.3, -0.25) is 9.59 Å². The summed E-state index contributed by atoms with van der Waals surface area (Å²) in [5, 5.41) is 11.6. The Bertz CT molecular complexity index is 1030. The second-order valence-corrected chi connectivity index (χ2v) is 9.68. The van der Waals surface area contributed by atoms with Gasteiger partial charge in [-0.05, 0) is 55.1 Å². The Kier molecular flexibility index (Phi) is 7.70. The molecule has 1 saturated heterocycles. The standard InChI is InChI=1S/C27H33N3O5/c1-29(2)16-24(26(33)30-14-18(15-30)8-7-13-25(31)32)28-27(34)35-17-23-21-11-5-3-9-19(21)20-10-4-6-12-22(20)23/h3-6,9-12,18,23-24H,7-8,13-17H2,1-2H3,(H,28,34)(H,31,32). The molecule has 0 saturated carbocycles. The maximum atomic E-state index is 13.0. The van der Waals surface area contributed by atoms with Crippen molar-refractivity contribution in [2.75, 3.05) is 40.3 Å². The van der Waals surface area contributed by atoms with Crippen LogP contribution in [0.1, 0.15) is 36.3 Å². The molecule has 1 heterocycles. The molecule has 1 atom stereocenters. The van der Waals surface area contributed by atoms with Gasteiger partial charge in [0.15, 0.2) is 0 Å². The van der Waals surface area contributed by atoms with Gasteiger partial charge in [-0.1, -0.05) is 48.5 Å². The zero-order chi connectivity index (χ0) is 24.9. The monoisotopic (exact) mass is 479 g/mol. The largest absolute Gasteiger partial charge is 0.481 e. The molecular formula is C27H33N3O5. The first kappa shape index (κ1) is 24.7. The molecule has 0 aromatic heterocycles. The van der Waals surface area contributed by atoms with E-state index in [4.69, 9.17) is 9.84 Å². The molecule has 2 aliphatic rings. The van der Waals surface area contributed by atoms with Gasteiger partial charge in [0, 0.05) is 32.0 Å². The number of hydrogen-bond acceptors (Lipinski definition) is 5. The normalized spacial score (nSPS) is 15.8. The first-order chi connectivity index (χ1) is 16.8. The summed E-state index contributed by atoms with van der Waals surface area (Å²) < 4.78 is 5.64. The first-order valence-electron chi connectivity index (χ1n) is 12.1. The molecule has 1 fully saturated rings. The molecule has 186 valence electrons. The number of nitrogens with zero attached hydrogens (tertiary/aromatic N) is 2. The predicted octanol–water partition coefficient (Wildman–Crippen LogP) is 3.17. The fraction of sp³-hybridized carbons (Fsp3) is 0.444. The van der Waals surface area contributed by atoms with Crippen molar-refractivity contribution in [2.24, 2.45) is 5.92 Å². The number of aliphatic carboxylic acids is 1. The van der Waals surface area contributed by atoms with Crippen molar-refractivity contribution >= 4 is 18.0 Å². The van der Waals surface area contributed by atoms with Crippen molar-refractivity contribution in [2.45, 2.75) is 31.2 Å². The fourth-order valence-electron chi connectivity index (χ4n) is 5.03. The smallest absolute Gasteiger partial charge is 0.407 e. The van der Waals surface area contributed by atoms with Crippen LogP contribution in [0.3, 0.4) is 0 Å². The van der Waals surface area contributed by atoms with Crippen LogP contribution in [-0.2, 0) is 14.3 Å². The highest BCUT2D eigenvalue weighted by Gasteiger charge is 2.36. The fourth-order valence-corrected chi connectivity index (χ4v) is 5.03. The molecule has 1 unspecified atom stereocenters. The van der Waals surface area contributed by atoms with Crippen LogP contribution in [0.2, 0.25) is 0 Å². The number of fused-ring (bicyclic) bond motifs is 3. The molecule has 0 bridgehead atoms. The lowest BCUT2D eigenvalue weighted by atomic mass is 9.93. The predicted molar refractivity (Wildman–Crippen MR) is 132 cm³/mol. The molecule has 1 aliphatic carbocycles. The van der Waals surface area contributed by atoms with Crippen molar-refractivity contribution < 1.29 is 24.2 Å². The molecule has 2 aromatic rings. The maximum absolute atomic E-state index is 13.0. The Morgan fingerprint density at radius 1 is 1.06 bits per heavy atom. The van der Waals surface area contributed by atoms with E-state index in [0.717, 1.165) is 28.7 Å². The summed E-state index contributed by atoms with van der Waals surface area (Å²) in [5.74, 6) is -0.664. The van der Waals surface area contributed by atoms with E-state index in [1.165, 1.54) is 0 Å². The molecule has 8 heteroatoms. The summed E-state index contributed by atoms with van der Waals surface area (Å²) in [6, 6.07) is 15.6. The minimum absolute atomic E-state index is 0.0434. The molecule has 35 heavy (non-hydrogen) atoms. The van der Waals surface area contributed by atoms with Crippen molar-refractivity contribution in [3.8, 4) is 11.1 Å². The Balaban J connectivity index is 1.32. The zero-order valence-electron chi connectivity index (χ0n) is 20.3. The number of carbonyl (C=O) groups is 3. The van der Waals surface area contributed by atoms with Crippen LogP contribution in [0.15, 0.2) is 48.5 Å². The number of carboxylic acid groups (broad SMARTS) is 1. The Morgan fingerprint density at radius 3 is 2.23 bits per heavy atom. The lowest BCUT2D eigenvalue weighted by molar-refractivity contribution is -0.141. The van der Waals surface area contributed by atoms with Gasteiger partial charge in [-0.2, -0.15) is 0 Å². The van der Waals surface area contributed by atoms with Gasteiger partial charge in [0.1, 0.15) is 12.6 Å². The number of nitrogens with one attached hydrogen (secondary N) is 1. The summed E-state index contributed by atoms with van der Waals surface area (Å²) in [4.78, 5) is 40.1. The van der Waals surface area contributed by atoms with Gasteiger partial charge < -0.3 is 25.0 Å². The summed E-state index contributed by atoms with van der Waals surface area (Å²) >= 11 is 0. The number of likely N-dealkylation sites (tertiary alicyclic amines) is 1. The summed E-state index contributed by atoms with van der Waals surface area (Å²) in [6.07, 6.45) is 0.942. The van der Waals surface area contributed by atoms with Crippen LogP contribution in [0, 0.1) is 5.92 Å². The van der Waals surface area contributed by atoms with Crippen LogP contribution >= 0.6 is 0 Å². The molecule has 2 aromatic carbocycles. The third kappa shape index (κ3) is 5.82. The number of rotatable bonds is 10. The molecular weight excluding hydrogens is 446 g/mol. The van der Waals surface area contributed by atoms with E-state index in [1.54, 1.807) is 4.90 Å². The average molecular weight is 480 g/mol. The quantitative estimate of drug-likeness (QED) is 0.543. The van der Waals surface area contributed by atoms with Crippen molar-refractivity contribution in [1.82, 2.24) is 15.1 Å². The number of benzene rings is 2. The van der Waals surface area contributed by atoms with Gasteiger partial charge in [0.25, 0.3) is 0 Å². The van der Waals surface area contributed by atoms with Crippen LogP contribution < -0.4 is 5.32 Å². The van der Waals surface area contributed by atoms with Crippen molar-refractivity contribution in [3.63, 3.8) is 0 Å². The minimum Gasteiger partial charge on any atom is -0.481 e. The Morgan fingerprint density at radius 2 is 1.66 bits per heavy atom. The highest BCUT2D eigenvalue weighted by atomic mass is 16.5. The topological polar surface area (TPSA) is 99.2 Å². The minimum atomic E-state index is -0.796. The SMILES string of the molecule is CN(C)CC(NC(=O)OCC1c2ccccc2-c2ccccc21)C(=O)N1CC(CCCC(=O)O)C1. The number of ether oxygens (including phenoxy) is 1. The number of carboxylic acids is 1. The van der Waals surface area contributed by atoms with E-state index in [2.05, 4.69) is 29.6 Å². The second kappa shape index (κ2) is 10.9. The van der Waals surface area contributed by atoms with E-state index in [1.807, 2.05) is 43.3 Å². The Hall–Kier alpha value is -3.39. The second-order valence-electron chi connectivity index (χ2n) is 9.68. The van der Waals surface area contributed by atoms with Crippen LogP contribution in [0.4, 0.5) is 4.79 Å². The zero-order valence-corrected chi connectivity index (χ0v) is 20.3. The highest BCUT2D eigenvalue weighted by Crippen LogP contribution is 2.44. The van der Waals surface area contributed by atoms with Gasteiger partial charge in [-0.25, -0.2) is 4.79 Å². The maximum Gasteiger partial charge on any atom is 0.407 e. The van der Waals surface area contributed by atoms with E-state index >= 15 is 0 Å². The third-order valence-corrected chi connectivity index (χ3v) is 6.75. The number of amides is 2. The molecule has 2 N–H and O–H groups in total. The lowest BCUT2D eigenvalue weighted by Gasteiger charge is -2.41. The third-order valence-electron chi connectivity index (χ3n) is 6.75. The van der Waals surface area contributed by atoms with E-state index in [0.29, 0.717) is 32.0 Å². The molecule has 8 nitrogen and oxygen atoms in total. The van der Waals surface area contributed by atoms with Crippen LogP contribution in [-0.4, -0.2) is 79.3 Å². The molecule has 0 spiro atoms. The number of alkyl carbamates (subject to hydrolysis) is 1. The summed E-state index contributed by atoms with van der Waals surface area (Å²) in [7, 11) is 3.70. The van der Waals surface area contributed by atoms with Gasteiger partial charge in [0.2, 0.25) is 5.91 Å². The molecule has 2 amide bonds. The van der Waals surface area contributed by atoms with Crippen LogP contribution in [0.25, 0.3) is 11.1 Å². The number of hydrogen-bond donors (Lipinski definition) is 2. The number of likely N-dealkylation sites (N-methyl/N-ethyl adjacent to an activating group) is 1. The van der Waals surface area contributed by atoms with Gasteiger partial charge in [0.05, 0.1) is 0 Å². The van der Waals surface area contributed by atoms with Gasteiger partial charge in [-0.15, -0.1) is 0 Å². The number of carbonyl (C=O) groups excluding carboxylic acids is 2. The molecule has 4 rings (SSSR count). The average Bonchev–Trinajstić information content (AvgIpc) is 3.11. The molecule has 1 aliphatic heterocycles. The summed E-state index contributed by atoms with van der Waals surface area (Å²) in [5.41, 5.74) is 4.59. The van der Waals surface area contributed by atoms with E-state index in [-0.39, 0.29) is 24.9 Å². The van der Waals surface area contributed by atoms with Crippen molar-refractivity contribution in [3.05, 3.63) is 59.7 Å². The van der Waals surface area contributed by atoms with Gasteiger partial charge >= 0.3 is 12.1 Å². The summed E-state index contributed by atoms with van der Waals surface area (Å²) in [6.45, 7) is 1.74. The van der Waals surface area contributed by atoms with E-state index in [9.17, 15) is 14.4 Å². The van der Waals surface area contributed by atoms with E-state index < -0.39 is 18.1 Å². The Labute approximate surface area is 205 Å². The highest BCUT2D eigenvalue weighted by molar-refractivity contribution is 5.86. The van der Waals surface area contributed by atoms with Crippen LogP contribution in [0.5, 0.6) is 0 Å². The molecule has 0 radical (unpaired) electrons.